The lowest BCUT2D eigenvalue weighted by atomic mass is 9.77. The number of carbonyl (C=O) groups is 1. The summed E-state index contributed by atoms with van der Waals surface area (Å²) in [7, 11) is 1.42. The SMILES string of the molecule is C#CC(O)CCCCC(C)(C(=O)OC)c1cccc(C)c1. The number of aryl methyl sites for hydroxylation is 1. The summed E-state index contributed by atoms with van der Waals surface area (Å²) < 4.78 is 4.99. The Labute approximate surface area is 127 Å². The average Bonchev–Trinajstić information content (AvgIpc) is 2.50. The number of hydrogen-bond donors (Lipinski definition) is 1. The van der Waals surface area contributed by atoms with E-state index in [1.165, 1.54) is 7.11 Å². The molecule has 1 N–H and O–H groups in total. The molecule has 0 amide bonds. The number of unbranched alkanes of at least 4 members (excludes halogenated alkanes) is 1. The summed E-state index contributed by atoms with van der Waals surface area (Å²) in [5.41, 5.74) is 1.42. The van der Waals surface area contributed by atoms with E-state index in [0.717, 1.165) is 24.0 Å². The second kappa shape index (κ2) is 7.85. The van der Waals surface area contributed by atoms with Crippen LogP contribution in [0, 0.1) is 19.3 Å². The number of aliphatic hydroxyl groups is 1. The molecule has 0 aliphatic rings. The van der Waals surface area contributed by atoms with Crippen LogP contribution in [0.25, 0.3) is 0 Å². The van der Waals surface area contributed by atoms with Gasteiger partial charge in [0, 0.05) is 0 Å². The summed E-state index contributed by atoms with van der Waals surface area (Å²) in [6, 6.07) is 7.94. The van der Waals surface area contributed by atoms with Gasteiger partial charge in [-0.1, -0.05) is 42.2 Å². The van der Waals surface area contributed by atoms with Crippen molar-refractivity contribution in [3.8, 4) is 12.3 Å². The van der Waals surface area contributed by atoms with E-state index in [4.69, 9.17) is 11.2 Å². The van der Waals surface area contributed by atoms with Gasteiger partial charge in [0.1, 0.15) is 6.10 Å². The van der Waals surface area contributed by atoms with Gasteiger partial charge in [-0.3, -0.25) is 4.79 Å². The summed E-state index contributed by atoms with van der Waals surface area (Å²) in [4.78, 5) is 12.2. The van der Waals surface area contributed by atoms with Crippen LogP contribution in [-0.4, -0.2) is 24.3 Å². The minimum atomic E-state index is -0.701. The van der Waals surface area contributed by atoms with Gasteiger partial charge in [0.05, 0.1) is 12.5 Å². The minimum absolute atomic E-state index is 0.231. The second-order valence-corrected chi connectivity index (χ2v) is 5.62. The molecule has 0 bridgehead atoms. The third-order valence-electron chi connectivity index (χ3n) is 3.89. The number of esters is 1. The van der Waals surface area contributed by atoms with E-state index >= 15 is 0 Å². The molecule has 3 nitrogen and oxygen atoms in total. The molecular formula is C18H24O3. The monoisotopic (exact) mass is 288 g/mol. The highest BCUT2D eigenvalue weighted by Gasteiger charge is 2.35. The van der Waals surface area contributed by atoms with Crippen LogP contribution >= 0.6 is 0 Å². The fraction of sp³-hybridized carbons (Fsp3) is 0.500. The predicted molar refractivity (Wildman–Crippen MR) is 83.9 cm³/mol. The number of hydrogen-bond acceptors (Lipinski definition) is 3. The number of terminal acetylenes is 1. The number of benzene rings is 1. The van der Waals surface area contributed by atoms with Crippen molar-refractivity contribution in [3.05, 3.63) is 35.4 Å². The maximum absolute atomic E-state index is 12.2. The van der Waals surface area contributed by atoms with Crippen LogP contribution in [-0.2, 0) is 14.9 Å². The Morgan fingerprint density at radius 2 is 2.19 bits per heavy atom. The third kappa shape index (κ3) is 4.61. The van der Waals surface area contributed by atoms with Crippen molar-refractivity contribution >= 4 is 5.97 Å². The molecule has 2 atom stereocenters. The molecule has 0 fully saturated rings. The van der Waals surface area contributed by atoms with Crippen molar-refractivity contribution in [2.45, 2.75) is 51.0 Å². The molecule has 1 aromatic rings. The number of carbonyl (C=O) groups excluding carboxylic acids is 1. The molecule has 21 heavy (non-hydrogen) atoms. The lowest BCUT2D eigenvalue weighted by molar-refractivity contribution is -0.147. The van der Waals surface area contributed by atoms with Gasteiger partial charge in [-0.2, -0.15) is 0 Å². The molecule has 0 aliphatic carbocycles. The van der Waals surface area contributed by atoms with E-state index in [-0.39, 0.29) is 5.97 Å². The summed E-state index contributed by atoms with van der Waals surface area (Å²) in [5.74, 6) is 2.07. The number of aliphatic hydroxyl groups excluding tert-OH is 1. The summed E-state index contributed by atoms with van der Waals surface area (Å²) in [6.45, 7) is 3.91. The van der Waals surface area contributed by atoms with Gasteiger partial charge >= 0.3 is 5.97 Å². The van der Waals surface area contributed by atoms with Crippen molar-refractivity contribution in [2.24, 2.45) is 0 Å². The van der Waals surface area contributed by atoms with E-state index in [9.17, 15) is 9.90 Å². The highest BCUT2D eigenvalue weighted by molar-refractivity contribution is 5.82. The Morgan fingerprint density at radius 3 is 2.76 bits per heavy atom. The Kier molecular flexibility index (Phi) is 6.45. The molecule has 1 aromatic carbocycles. The van der Waals surface area contributed by atoms with Gasteiger partial charge in [0.15, 0.2) is 0 Å². The van der Waals surface area contributed by atoms with Crippen LogP contribution in [0.3, 0.4) is 0 Å². The first-order valence-corrected chi connectivity index (χ1v) is 7.24. The van der Waals surface area contributed by atoms with Crippen molar-refractivity contribution in [2.75, 3.05) is 7.11 Å². The third-order valence-corrected chi connectivity index (χ3v) is 3.89. The summed E-state index contributed by atoms with van der Waals surface area (Å²) >= 11 is 0. The molecule has 114 valence electrons. The van der Waals surface area contributed by atoms with Crippen molar-refractivity contribution < 1.29 is 14.6 Å². The zero-order valence-corrected chi connectivity index (χ0v) is 13.1. The molecule has 0 saturated heterocycles. The van der Waals surface area contributed by atoms with Crippen LogP contribution in [0.15, 0.2) is 24.3 Å². The van der Waals surface area contributed by atoms with Gasteiger partial charge in [-0.15, -0.1) is 6.42 Å². The Bertz CT molecular complexity index is 515. The summed E-state index contributed by atoms with van der Waals surface area (Å²) in [5, 5.41) is 9.37. The lowest BCUT2D eigenvalue weighted by Gasteiger charge is -2.27. The predicted octanol–water partition coefficient (Wildman–Crippen LogP) is 2.98. The van der Waals surface area contributed by atoms with Gasteiger partial charge in [-0.05, 0) is 38.7 Å². The van der Waals surface area contributed by atoms with Crippen molar-refractivity contribution in [1.29, 1.82) is 0 Å². The smallest absolute Gasteiger partial charge is 0.315 e. The number of rotatable bonds is 7. The van der Waals surface area contributed by atoms with E-state index in [2.05, 4.69) is 5.92 Å². The topological polar surface area (TPSA) is 46.5 Å². The van der Waals surface area contributed by atoms with E-state index in [1.807, 2.05) is 38.1 Å². The van der Waals surface area contributed by atoms with Crippen LogP contribution < -0.4 is 0 Å². The fourth-order valence-corrected chi connectivity index (χ4v) is 2.48. The lowest BCUT2D eigenvalue weighted by Crippen LogP contribution is -2.34. The molecule has 3 heteroatoms. The van der Waals surface area contributed by atoms with Crippen molar-refractivity contribution in [1.82, 2.24) is 0 Å². The average molecular weight is 288 g/mol. The molecule has 2 unspecified atom stereocenters. The van der Waals surface area contributed by atoms with E-state index in [0.29, 0.717) is 12.8 Å². The number of ether oxygens (including phenoxy) is 1. The highest BCUT2D eigenvalue weighted by atomic mass is 16.5. The van der Waals surface area contributed by atoms with Crippen LogP contribution in [0.1, 0.15) is 43.7 Å². The molecular weight excluding hydrogens is 264 g/mol. The maximum Gasteiger partial charge on any atom is 0.315 e. The van der Waals surface area contributed by atoms with Gasteiger partial charge < -0.3 is 9.84 Å². The first kappa shape index (κ1) is 17.3. The molecule has 0 saturated carbocycles. The van der Waals surface area contributed by atoms with Crippen LogP contribution in [0.2, 0.25) is 0 Å². The second-order valence-electron chi connectivity index (χ2n) is 5.62. The van der Waals surface area contributed by atoms with Gasteiger partial charge in [0.2, 0.25) is 0 Å². The Balaban J connectivity index is 2.81. The normalized spacial score (nSPS) is 14.8. The maximum atomic E-state index is 12.2. The summed E-state index contributed by atoms with van der Waals surface area (Å²) in [6.07, 6.45) is 7.25. The van der Waals surface area contributed by atoms with E-state index in [1.54, 1.807) is 0 Å². The molecule has 0 radical (unpaired) electrons. The number of methoxy groups -OCH3 is 1. The standard InChI is InChI=1S/C18H24O3/c1-5-16(19)11-6-7-12-18(3,17(20)21-4)15-10-8-9-14(2)13-15/h1,8-10,13,16,19H,6-7,11-12H2,2-4H3. The fourth-order valence-electron chi connectivity index (χ4n) is 2.48. The van der Waals surface area contributed by atoms with Crippen LogP contribution in [0.5, 0.6) is 0 Å². The Hall–Kier alpha value is -1.79. The van der Waals surface area contributed by atoms with E-state index < -0.39 is 11.5 Å². The van der Waals surface area contributed by atoms with Gasteiger partial charge in [0.25, 0.3) is 0 Å². The zero-order chi connectivity index (χ0) is 15.9. The zero-order valence-electron chi connectivity index (χ0n) is 13.1. The molecule has 1 rings (SSSR count). The first-order valence-electron chi connectivity index (χ1n) is 7.24. The molecule has 0 aliphatic heterocycles. The first-order chi connectivity index (χ1) is 9.93. The van der Waals surface area contributed by atoms with Crippen molar-refractivity contribution in [3.63, 3.8) is 0 Å². The van der Waals surface area contributed by atoms with Crippen LogP contribution in [0.4, 0.5) is 0 Å². The van der Waals surface area contributed by atoms with Gasteiger partial charge in [-0.25, -0.2) is 0 Å². The molecule has 0 heterocycles. The molecule has 0 aromatic heterocycles. The quantitative estimate of drug-likeness (QED) is 0.476. The Morgan fingerprint density at radius 1 is 1.48 bits per heavy atom. The minimum Gasteiger partial charge on any atom is -0.468 e. The molecule has 0 spiro atoms. The highest BCUT2D eigenvalue weighted by Crippen LogP contribution is 2.32. The largest absolute Gasteiger partial charge is 0.468 e.